The summed E-state index contributed by atoms with van der Waals surface area (Å²) in [6, 6.07) is 9.16. The van der Waals surface area contributed by atoms with Crippen molar-refractivity contribution in [3.05, 3.63) is 58.1 Å². The van der Waals surface area contributed by atoms with Gasteiger partial charge in [-0.1, -0.05) is 29.8 Å². The van der Waals surface area contributed by atoms with E-state index in [9.17, 15) is 18.7 Å². The van der Waals surface area contributed by atoms with Crippen LogP contribution in [0.15, 0.2) is 36.4 Å². The summed E-state index contributed by atoms with van der Waals surface area (Å²) >= 11 is 6.00. The van der Waals surface area contributed by atoms with Crippen LogP contribution in [0.3, 0.4) is 0 Å². The molecule has 3 N–H and O–H groups in total. The molecule has 0 bridgehead atoms. The molecule has 1 heterocycles. The standard InChI is InChI=1S/C21H21ClF2N2O3/c22-13-4-5-15-18(9-21(10-23,11-24)29-19(15)7-13)26-20(28)25-17-3-1-2-12-6-14(27)8-16(12)17/h1-5,7,14,18,27H,6,8-11H2,(H2,25,26,28)/t14-,18+/m0/s1. The highest BCUT2D eigenvalue weighted by molar-refractivity contribution is 6.30. The Bertz CT molecular complexity index is 936. The zero-order valence-corrected chi connectivity index (χ0v) is 16.3. The van der Waals surface area contributed by atoms with Crippen molar-refractivity contribution in [2.45, 2.75) is 37.0 Å². The molecule has 0 fully saturated rings. The number of nitrogens with one attached hydrogen (secondary N) is 2. The number of fused-ring (bicyclic) bond motifs is 2. The molecule has 0 radical (unpaired) electrons. The molecule has 0 spiro atoms. The summed E-state index contributed by atoms with van der Waals surface area (Å²) in [5.74, 6) is 0.257. The molecule has 2 atom stereocenters. The highest BCUT2D eigenvalue weighted by Crippen LogP contribution is 2.41. The molecular weight excluding hydrogens is 402 g/mol. The van der Waals surface area contributed by atoms with E-state index in [4.69, 9.17) is 16.3 Å². The van der Waals surface area contributed by atoms with E-state index in [1.165, 1.54) is 6.07 Å². The summed E-state index contributed by atoms with van der Waals surface area (Å²) in [6.45, 7) is -2.06. The fourth-order valence-electron chi connectivity index (χ4n) is 4.03. The molecule has 0 unspecified atom stereocenters. The van der Waals surface area contributed by atoms with Crippen LogP contribution in [0, 0.1) is 0 Å². The van der Waals surface area contributed by atoms with Crippen molar-refractivity contribution in [1.29, 1.82) is 0 Å². The van der Waals surface area contributed by atoms with Crippen LogP contribution in [0.25, 0.3) is 0 Å². The van der Waals surface area contributed by atoms with E-state index in [1.54, 1.807) is 18.2 Å². The van der Waals surface area contributed by atoms with E-state index in [0.29, 0.717) is 29.1 Å². The van der Waals surface area contributed by atoms with Gasteiger partial charge >= 0.3 is 6.03 Å². The topological polar surface area (TPSA) is 70.6 Å². The lowest BCUT2D eigenvalue weighted by molar-refractivity contribution is -0.0104. The number of amides is 2. The normalized spacial score (nSPS) is 21.7. The Hall–Kier alpha value is -2.38. The Labute approximate surface area is 172 Å². The molecular formula is C21H21ClF2N2O3. The molecule has 29 heavy (non-hydrogen) atoms. The summed E-state index contributed by atoms with van der Waals surface area (Å²) < 4.78 is 32.8. The van der Waals surface area contributed by atoms with Gasteiger partial charge in [-0.05, 0) is 35.7 Å². The highest BCUT2D eigenvalue weighted by atomic mass is 35.5. The summed E-state index contributed by atoms with van der Waals surface area (Å²) in [7, 11) is 0. The number of carbonyl (C=O) groups excluding carboxylic acids is 1. The minimum absolute atomic E-state index is 0.0480. The van der Waals surface area contributed by atoms with E-state index >= 15 is 0 Å². The fourth-order valence-corrected chi connectivity index (χ4v) is 4.19. The number of benzene rings is 2. The Morgan fingerprint density at radius 3 is 2.79 bits per heavy atom. The van der Waals surface area contributed by atoms with E-state index in [1.807, 2.05) is 12.1 Å². The monoisotopic (exact) mass is 422 g/mol. The molecule has 154 valence electrons. The lowest BCUT2D eigenvalue weighted by Gasteiger charge is -2.39. The average molecular weight is 423 g/mol. The van der Waals surface area contributed by atoms with Gasteiger partial charge in [0.25, 0.3) is 0 Å². The molecule has 2 aromatic rings. The number of aliphatic hydroxyl groups is 1. The van der Waals surface area contributed by atoms with Crippen LogP contribution < -0.4 is 15.4 Å². The zero-order chi connectivity index (χ0) is 20.6. The van der Waals surface area contributed by atoms with E-state index in [0.717, 1.165) is 11.1 Å². The van der Waals surface area contributed by atoms with Gasteiger partial charge in [-0.25, -0.2) is 13.6 Å². The molecule has 2 aliphatic rings. The van der Waals surface area contributed by atoms with Gasteiger partial charge in [-0.15, -0.1) is 0 Å². The molecule has 4 rings (SSSR count). The van der Waals surface area contributed by atoms with Crippen LogP contribution >= 0.6 is 11.6 Å². The van der Waals surface area contributed by atoms with Gasteiger partial charge in [0.15, 0.2) is 5.60 Å². The van der Waals surface area contributed by atoms with Crippen molar-refractivity contribution in [3.63, 3.8) is 0 Å². The number of carbonyl (C=O) groups is 1. The van der Waals surface area contributed by atoms with Crippen molar-refractivity contribution >= 4 is 23.3 Å². The number of anilines is 1. The summed E-state index contributed by atoms with van der Waals surface area (Å²) in [5.41, 5.74) is 1.46. The summed E-state index contributed by atoms with van der Waals surface area (Å²) in [5, 5.41) is 15.9. The minimum Gasteiger partial charge on any atom is -0.481 e. The molecule has 8 heteroatoms. The molecule has 0 saturated heterocycles. The van der Waals surface area contributed by atoms with Crippen molar-refractivity contribution in [2.75, 3.05) is 18.7 Å². The predicted molar refractivity (Wildman–Crippen MR) is 106 cm³/mol. The van der Waals surface area contributed by atoms with Crippen LogP contribution in [-0.4, -0.2) is 36.2 Å². The average Bonchev–Trinajstić information content (AvgIpc) is 3.08. The maximum atomic E-state index is 13.6. The SMILES string of the molecule is O=C(Nc1cccc2c1C[C@@H](O)C2)N[C@@H]1CC(CF)(CF)Oc2cc(Cl)ccc21. The third-order valence-electron chi connectivity index (χ3n) is 5.46. The summed E-state index contributed by atoms with van der Waals surface area (Å²) in [4.78, 5) is 12.7. The lowest BCUT2D eigenvalue weighted by atomic mass is 9.88. The Kier molecular flexibility index (Phi) is 5.36. The number of hydrogen-bond acceptors (Lipinski definition) is 3. The van der Waals surface area contributed by atoms with Crippen LogP contribution in [0.4, 0.5) is 19.3 Å². The number of rotatable bonds is 4. The molecule has 2 amide bonds. The Morgan fingerprint density at radius 1 is 1.24 bits per heavy atom. The highest BCUT2D eigenvalue weighted by Gasteiger charge is 2.42. The second-order valence-electron chi connectivity index (χ2n) is 7.59. The van der Waals surface area contributed by atoms with Gasteiger partial charge < -0.3 is 20.5 Å². The predicted octanol–water partition coefficient (Wildman–Crippen LogP) is 4.12. The van der Waals surface area contributed by atoms with Crippen molar-refractivity contribution < 1.29 is 23.4 Å². The largest absolute Gasteiger partial charge is 0.481 e. The van der Waals surface area contributed by atoms with Crippen LogP contribution in [0.2, 0.25) is 5.02 Å². The van der Waals surface area contributed by atoms with Crippen molar-refractivity contribution in [2.24, 2.45) is 0 Å². The first-order valence-electron chi connectivity index (χ1n) is 9.40. The molecule has 1 aliphatic heterocycles. The maximum absolute atomic E-state index is 13.6. The number of urea groups is 1. The number of ether oxygens (including phenoxy) is 1. The lowest BCUT2D eigenvalue weighted by Crippen LogP contribution is -2.49. The van der Waals surface area contributed by atoms with E-state index in [-0.39, 0.29) is 12.2 Å². The maximum Gasteiger partial charge on any atom is 0.319 e. The first-order chi connectivity index (χ1) is 13.9. The quantitative estimate of drug-likeness (QED) is 0.694. The van der Waals surface area contributed by atoms with Gasteiger partial charge in [0.2, 0.25) is 0 Å². The van der Waals surface area contributed by atoms with Gasteiger partial charge in [0.1, 0.15) is 19.1 Å². The smallest absolute Gasteiger partial charge is 0.319 e. The second kappa shape index (κ2) is 7.80. The van der Waals surface area contributed by atoms with E-state index < -0.39 is 37.1 Å². The first kappa shape index (κ1) is 19.9. The third-order valence-corrected chi connectivity index (χ3v) is 5.70. The van der Waals surface area contributed by atoms with E-state index in [2.05, 4.69) is 10.6 Å². The molecule has 0 aromatic heterocycles. The number of alkyl halides is 2. The molecule has 5 nitrogen and oxygen atoms in total. The van der Waals surface area contributed by atoms with Crippen LogP contribution in [0.1, 0.15) is 29.2 Å². The van der Waals surface area contributed by atoms with Crippen molar-refractivity contribution in [1.82, 2.24) is 5.32 Å². The first-order valence-corrected chi connectivity index (χ1v) is 9.77. The Morgan fingerprint density at radius 2 is 2.03 bits per heavy atom. The summed E-state index contributed by atoms with van der Waals surface area (Å²) in [6.07, 6.45) is 0.513. The third kappa shape index (κ3) is 3.89. The van der Waals surface area contributed by atoms with Gasteiger partial charge in [0.05, 0.1) is 12.1 Å². The van der Waals surface area contributed by atoms with Crippen LogP contribution in [0.5, 0.6) is 5.75 Å². The number of halogens is 3. The van der Waals surface area contributed by atoms with Gasteiger partial charge in [-0.2, -0.15) is 0 Å². The van der Waals surface area contributed by atoms with Gasteiger partial charge in [-0.3, -0.25) is 0 Å². The molecule has 0 saturated carbocycles. The number of aliphatic hydroxyl groups excluding tert-OH is 1. The zero-order valence-electron chi connectivity index (χ0n) is 15.6. The fraction of sp³-hybridized carbons (Fsp3) is 0.381. The second-order valence-corrected chi connectivity index (χ2v) is 8.03. The minimum atomic E-state index is -1.66. The van der Waals surface area contributed by atoms with Gasteiger partial charge in [0, 0.05) is 29.1 Å². The molecule has 2 aromatic carbocycles. The van der Waals surface area contributed by atoms with Crippen LogP contribution in [-0.2, 0) is 12.8 Å². The Balaban J connectivity index is 1.56. The molecule has 1 aliphatic carbocycles. The number of hydrogen-bond donors (Lipinski definition) is 3. The van der Waals surface area contributed by atoms with Crippen molar-refractivity contribution in [3.8, 4) is 5.75 Å².